The van der Waals surface area contributed by atoms with E-state index in [0.29, 0.717) is 11.5 Å². The topological polar surface area (TPSA) is 0 Å². The van der Waals surface area contributed by atoms with Gasteiger partial charge in [0.2, 0.25) is 0 Å². The number of rotatable bonds is 4. The summed E-state index contributed by atoms with van der Waals surface area (Å²) in [7, 11) is 0. The minimum atomic E-state index is -1.52. The monoisotopic (exact) mass is 364 g/mol. The van der Waals surface area contributed by atoms with Gasteiger partial charge in [0.15, 0.2) is 5.83 Å². The van der Waals surface area contributed by atoms with E-state index in [1.165, 1.54) is 0 Å². The summed E-state index contributed by atoms with van der Waals surface area (Å²) in [6.07, 6.45) is 4.49. The molecule has 1 aliphatic carbocycles. The van der Waals surface area contributed by atoms with Crippen LogP contribution in [0.2, 0.25) is 0 Å². The smallest absolute Gasteiger partial charge is 0.164 e. The molecule has 0 aliphatic heterocycles. The molecule has 5 heteroatoms. The van der Waals surface area contributed by atoms with Crippen molar-refractivity contribution < 1.29 is 17.6 Å². The molecule has 1 aromatic rings. The van der Waals surface area contributed by atoms with Gasteiger partial charge in [-0.25, -0.2) is 17.6 Å². The van der Waals surface area contributed by atoms with Gasteiger partial charge in [0.25, 0.3) is 0 Å². The zero-order valence-corrected chi connectivity index (χ0v) is 13.1. The van der Waals surface area contributed by atoms with Crippen LogP contribution in [-0.2, 0) is 0 Å². The molecule has 0 atom stereocenters. The Bertz CT molecular complexity index is 496. The van der Waals surface area contributed by atoms with Gasteiger partial charge in [-0.1, -0.05) is 15.9 Å². The summed E-state index contributed by atoms with van der Waals surface area (Å²) in [5.41, 5.74) is -0.382. The molecule has 0 N–H and O–H groups in total. The summed E-state index contributed by atoms with van der Waals surface area (Å²) in [6, 6.07) is 2.27. The van der Waals surface area contributed by atoms with Crippen LogP contribution in [0.5, 0.6) is 0 Å². The average molecular weight is 365 g/mol. The number of alkyl halides is 1. The van der Waals surface area contributed by atoms with Crippen molar-refractivity contribution in [1.29, 1.82) is 0 Å². The van der Waals surface area contributed by atoms with Crippen molar-refractivity contribution in [2.24, 2.45) is 5.92 Å². The fraction of sp³-hybridized carbons (Fsp3) is 0.500. The lowest BCUT2D eigenvalue weighted by Crippen LogP contribution is -2.14. The standard InChI is InChI=1S/C16H17BrF4/c17-6-5-10-1-3-11(4-2-10)12-7-13(19)16(14(20)8-12)15(21)9-18/h7-11H,1-6H2. The Hall–Kier alpha value is -0.840. The molecule has 1 aliphatic rings. The van der Waals surface area contributed by atoms with Crippen LogP contribution in [0.4, 0.5) is 17.6 Å². The highest BCUT2D eigenvalue weighted by molar-refractivity contribution is 9.09. The second-order valence-corrected chi connectivity index (χ2v) is 6.30. The van der Waals surface area contributed by atoms with Crippen LogP contribution in [0, 0.1) is 17.6 Å². The molecular weight excluding hydrogens is 348 g/mol. The SMILES string of the molecule is FC=C(F)c1c(F)cc(C2CCC(CCBr)CC2)cc1F. The summed E-state index contributed by atoms with van der Waals surface area (Å²) < 4.78 is 52.8. The van der Waals surface area contributed by atoms with Gasteiger partial charge in [-0.05, 0) is 61.6 Å². The first-order valence-corrected chi connectivity index (χ1v) is 8.20. The lowest BCUT2D eigenvalue weighted by atomic mass is 9.77. The van der Waals surface area contributed by atoms with E-state index in [2.05, 4.69) is 15.9 Å². The second-order valence-electron chi connectivity index (χ2n) is 5.51. The third kappa shape index (κ3) is 3.87. The molecule has 0 heterocycles. The molecule has 0 amide bonds. The van der Waals surface area contributed by atoms with Crippen LogP contribution in [0.15, 0.2) is 18.5 Å². The molecule has 1 saturated carbocycles. The van der Waals surface area contributed by atoms with E-state index in [-0.39, 0.29) is 5.92 Å². The molecule has 0 aromatic heterocycles. The number of hydrogen-bond acceptors (Lipinski definition) is 0. The van der Waals surface area contributed by atoms with Crippen molar-refractivity contribution in [3.63, 3.8) is 0 Å². The summed E-state index contributed by atoms with van der Waals surface area (Å²) in [5.74, 6) is -2.86. The van der Waals surface area contributed by atoms with E-state index in [0.717, 1.165) is 49.6 Å². The molecule has 1 aromatic carbocycles. The quantitative estimate of drug-likeness (QED) is 0.436. The van der Waals surface area contributed by atoms with Crippen molar-refractivity contribution in [2.45, 2.75) is 38.0 Å². The van der Waals surface area contributed by atoms with Gasteiger partial charge >= 0.3 is 0 Å². The van der Waals surface area contributed by atoms with Gasteiger partial charge in [0.1, 0.15) is 18.0 Å². The minimum absolute atomic E-state index is 0.0899. The lowest BCUT2D eigenvalue weighted by Gasteiger charge is -2.28. The first-order chi connectivity index (χ1) is 10.1. The molecule has 0 unspecified atom stereocenters. The Morgan fingerprint density at radius 2 is 1.71 bits per heavy atom. The van der Waals surface area contributed by atoms with Gasteiger partial charge in [-0.3, -0.25) is 0 Å². The van der Waals surface area contributed by atoms with E-state index in [1.807, 2.05) is 0 Å². The zero-order chi connectivity index (χ0) is 15.4. The third-order valence-electron chi connectivity index (χ3n) is 4.23. The largest absolute Gasteiger partial charge is 0.212 e. The highest BCUT2D eigenvalue weighted by atomic mass is 79.9. The Morgan fingerprint density at radius 3 is 2.19 bits per heavy atom. The van der Waals surface area contributed by atoms with Crippen molar-refractivity contribution in [3.8, 4) is 0 Å². The number of benzene rings is 1. The molecule has 0 radical (unpaired) electrons. The predicted octanol–water partition coefficient (Wildman–Crippen LogP) is 6.26. The van der Waals surface area contributed by atoms with E-state index in [1.54, 1.807) is 0 Å². The van der Waals surface area contributed by atoms with Crippen LogP contribution in [0.25, 0.3) is 5.83 Å². The first-order valence-electron chi connectivity index (χ1n) is 7.08. The highest BCUT2D eigenvalue weighted by Crippen LogP contribution is 2.38. The van der Waals surface area contributed by atoms with Crippen LogP contribution in [0.1, 0.15) is 49.1 Å². The Balaban J connectivity index is 2.16. The Kier molecular flexibility index (Phi) is 5.85. The number of hydrogen-bond donors (Lipinski definition) is 0. The van der Waals surface area contributed by atoms with E-state index >= 15 is 0 Å². The number of halogens is 5. The van der Waals surface area contributed by atoms with Gasteiger partial charge in [-0.2, -0.15) is 0 Å². The highest BCUT2D eigenvalue weighted by Gasteiger charge is 2.24. The van der Waals surface area contributed by atoms with Crippen molar-refractivity contribution in [2.75, 3.05) is 5.33 Å². The Morgan fingerprint density at radius 1 is 1.14 bits per heavy atom. The molecule has 2 rings (SSSR count). The first kappa shape index (κ1) is 16.5. The van der Waals surface area contributed by atoms with E-state index < -0.39 is 29.4 Å². The molecule has 116 valence electrons. The minimum Gasteiger partial charge on any atom is -0.212 e. The van der Waals surface area contributed by atoms with Gasteiger partial charge < -0.3 is 0 Å². The van der Waals surface area contributed by atoms with Crippen molar-refractivity contribution in [1.82, 2.24) is 0 Å². The average Bonchev–Trinajstić information content (AvgIpc) is 2.47. The van der Waals surface area contributed by atoms with Crippen LogP contribution < -0.4 is 0 Å². The maximum Gasteiger partial charge on any atom is 0.164 e. The van der Waals surface area contributed by atoms with Gasteiger partial charge in [0.05, 0.1) is 5.56 Å². The van der Waals surface area contributed by atoms with Crippen LogP contribution in [0.3, 0.4) is 0 Å². The molecule has 21 heavy (non-hydrogen) atoms. The summed E-state index contributed by atoms with van der Waals surface area (Å²) in [6.45, 7) is 0. The van der Waals surface area contributed by atoms with Gasteiger partial charge in [-0.15, -0.1) is 0 Å². The molecule has 0 nitrogen and oxygen atoms in total. The predicted molar refractivity (Wildman–Crippen MR) is 79.7 cm³/mol. The molecule has 0 bridgehead atoms. The van der Waals surface area contributed by atoms with Crippen molar-refractivity contribution >= 4 is 21.8 Å². The Labute approximate surface area is 130 Å². The summed E-state index contributed by atoms with van der Waals surface area (Å²) >= 11 is 3.42. The third-order valence-corrected chi connectivity index (χ3v) is 4.69. The van der Waals surface area contributed by atoms with E-state index in [9.17, 15) is 17.6 Å². The second kappa shape index (κ2) is 7.43. The summed E-state index contributed by atoms with van der Waals surface area (Å²) in [4.78, 5) is 0. The van der Waals surface area contributed by atoms with Crippen LogP contribution in [-0.4, -0.2) is 5.33 Å². The van der Waals surface area contributed by atoms with E-state index in [4.69, 9.17) is 0 Å². The van der Waals surface area contributed by atoms with Crippen LogP contribution >= 0.6 is 15.9 Å². The van der Waals surface area contributed by atoms with Crippen molar-refractivity contribution in [3.05, 3.63) is 41.2 Å². The normalized spacial score (nSPS) is 23.4. The molecular formula is C16H17BrF4. The van der Waals surface area contributed by atoms with Gasteiger partial charge in [0, 0.05) is 5.33 Å². The molecule has 0 spiro atoms. The maximum absolute atomic E-state index is 13.8. The molecule has 0 saturated heterocycles. The zero-order valence-electron chi connectivity index (χ0n) is 11.5. The molecule has 1 fully saturated rings. The maximum atomic E-state index is 13.8. The fourth-order valence-electron chi connectivity index (χ4n) is 3.05. The fourth-order valence-corrected chi connectivity index (χ4v) is 3.70. The summed E-state index contributed by atoms with van der Waals surface area (Å²) in [5, 5.41) is 0.967. The lowest BCUT2D eigenvalue weighted by molar-refractivity contribution is 0.320.